The minimum Gasteiger partial charge on any atom is -0.497 e. The standard InChI is InChI=1S/C15H21N3O/c1-3-11(8-10-4-5-10)18-14-9-12(19-2)6-7-13(14)17-15(18)16/h6-7,9-11H,3-5,8H2,1-2H3,(H2,16,17). The summed E-state index contributed by atoms with van der Waals surface area (Å²) >= 11 is 0. The molecule has 1 saturated carbocycles. The number of aromatic nitrogens is 2. The summed E-state index contributed by atoms with van der Waals surface area (Å²) in [5, 5.41) is 0. The van der Waals surface area contributed by atoms with E-state index in [0.29, 0.717) is 12.0 Å². The Hall–Kier alpha value is -1.71. The van der Waals surface area contributed by atoms with Crippen LogP contribution in [0.15, 0.2) is 18.2 Å². The van der Waals surface area contributed by atoms with E-state index in [1.165, 1.54) is 19.3 Å². The molecule has 1 aromatic heterocycles. The monoisotopic (exact) mass is 259 g/mol. The third-order valence-corrected chi connectivity index (χ3v) is 4.06. The first-order chi connectivity index (χ1) is 9.22. The molecule has 0 bridgehead atoms. The van der Waals surface area contributed by atoms with Crippen molar-refractivity contribution in [1.29, 1.82) is 0 Å². The predicted octanol–water partition coefficient (Wildman–Crippen LogP) is 3.38. The highest BCUT2D eigenvalue weighted by atomic mass is 16.5. The van der Waals surface area contributed by atoms with E-state index in [1.807, 2.05) is 18.2 Å². The Labute approximate surface area is 113 Å². The lowest BCUT2D eigenvalue weighted by molar-refractivity contribution is 0.414. The molecule has 1 aliphatic carbocycles. The Morgan fingerprint density at radius 3 is 2.89 bits per heavy atom. The van der Waals surface area contributed by atoms with Gasteiger partial charge in [-0.2, -0.15) is 0 Å². The Bertz CT molecular complexity index is 586. The van der Waals surface area contributed by atoms with Crippen LogP contribution in [-0.2, 0) is 0 Å². The van der Waals surface area contributed by atoms with Gasteiger partial charge in [0.2, 0.25) is 5.95 Å². The highest BCUT2D eigenvalue weighted by molar-refractivity contribution is 5.80. The maximum Gasteiger partial charge on any atom is 0.201 e. The third kappa shape index (κ3) is 2.27. The number of anilines is 1. The van der Waals surface area contributed by atoms with Crippen LogP contribution < -0.4 is 10.5 Å². The van der Waals surface area contributed by atoms with Crippen LogP contribution in [0.3, 0.4) is 0 Å². The van der Waals surface area contributed by atoms with Crippen LogP contribution >= 0.6 is 0 Å². The van der Waals surface area contributed by atoms with Crippen LogP contribution in [-0.4, -0.2) is 16.7 Å². The van der Waals surface area contributed by atoms with Gasteiger partial charge in [-0.1, -0.05) is 19.8 Å². The summed E-state index contributed by atoms with van der Waals surface area (Å²) < 4.78 is 7.50. The molecule has 4 heteroatoms. The number of hydrogen-bond donors (Lipinski definition) is 1. The van der Waals surface area contributed by atoms with Gasteiger partial charge in [0.15, 0.2) is 0 Å². The van der Waals surface area contributed by atoms with E-state index in [0.717, 1.165) is 29.1 Å². The number of nitrogens with two attached hydrogens (primary N) is 1. The summed E-state index contributed by atoms with van der Waals surface area (Å²) in [4.78, 5) is 4.47. The summed E-state index contributed by atoms with van der Waals surface area (Å²) in [5.41, 5.74) is 8.17. The fourth-order valence-electron chi connectivity index (χ4n) is 2.80. The maximum atomic E-state index is 6.13. The number of hydrogen-bond acceptors (Lipinski definition) is 3. The Morgan fingerprint density at radius 2 is 2.26 bits per heavy atom. The summed E-state index contributed by atoms with van der Waals surface area (Å²) in [6, 6.07) is 6.39. The fraction of sp³-hybridized carbons (Fsp3) is 0.533. The molecule has 1 atom stereocenters. The van der Waals surface area contributed by atoms with Crippen molar-refractivity contribution in [3.8, 4) is 5.75 Å². The molecule has 0 saturated heterocycles. The van der Waals surface area contributed by atoms with Gasteiger partial charge in [0.1, 0.15) is 5.75 Å². The number of fused-ring (bicyclic) bond motifs is 1. The number of nitrogens with zero attached hydrogens (tertiary/aromatic N) is 2. The van der Waals surface area contributed by atoms with Crippen LogP contribution in [0.2, 0.25) is 0 Å². The van der Waals surface area contributed by atoms with Crippen molar-refractivity contribution in [2.75, 3.05) is 12.8 Å². The van der Waals surface area contributed by atoms with Crippen molar-refractivity contribution >= 4 is 17.0 Å². The van der Waals surface area contributed by atoms with Crippen molar-refractivity contribution in [2.24, 2.45) is 5.92 Å². The summed E-state index contributed by atoms with van der Waals surface area (Å²) in [5.74, 6) is 2.36. The van der Waals surface area contributed by atoms with E-state index >= 15 is 0 Å². The lowest BCUT2D eigenvalue weighted by Crippen LogP contribution is -2.12. The number of rotatable bonds is 5. The quantitative estimate of drug-likeness (QED) is 0.895. The molecule has 1 aliphatic rings. The van der Waals surface area contributed by atoms with Crippen molar-refractivity contribution in [2.45, 2.75) is 38.6 Å². The fourth-order valence-corrected chi connectivity index (χ4v) is 2.80. The normalized spacial score (nSPS) is 16.7. The zero-order valence-corrected chi connectivity index (χ0v) is 11.6. The zero-order chi connectivity index (χ0) is 13.4. The van der Waals surface area contributed by atoms with Gasteiger partial charge in [0, 0.05) is 12.1 Å². The van der Waals surface area contributed by atoms with Gasteiger partial charge in [0.25, 0.3) is 0 Å². The van der Waals surface area contributed by atoms with Crippen molar-refractivity contribution in [3.63, 3.8) is 0 Å². The van der Waals surface area contributed by atoms with Gasteiger partial charge >= 0.3 is 0 Å². The lowest BCUT2D eigenvalue weighted by Gasteiger charge is -2.19. The number of ether oxygens (including phenoxy) is 1. The number of nitrogen functional groups attached to an aromatic ring is 1. The molecule has 0 aliphatic heterocycles. The van der Waals surface area contributed by atoms with E-state index in [2.05, 4.69) is 16.5 Å². The first kappa shape index (κ1) is 12.3. The van der Waals surface area contributed by atoms with Crippen molar-refractivity contribution in [1.82, 2.24) is 9.55 Å². The lowest BCUT2D eigenvalue weighted by atomic mass is 10.1. The highest BCUT2D eigenvalue weighted by Gasteiger charge is 2.27. The van der Waals surface area contributed by atoms with Crippen LogP contribution in [0.4, 0.5) is 5.95 Å². The molecule has 1 heterocycles. The zero-order valence-electron chi connectivity index (χ0n) is 11.6. The number of imidazole rings is 1. The molecule has 1 unspecified atom stereocenters. The molecular formula is C15H21N3O. The van der Waals surface area contributed by atoms with Gasteiger partial charge in [-0.25, -0.2) is 4.98 Å². The summed E-state index contributed by atoms with van der Waals surface area (Å²) in [6.07, 6.45) is 5.03. The minimum absolute atomic E-state index is 0.449. The van der Waals surface area contributed by atoms with Gasteiger partial charge in [-0.15, -0.1) is 0 Å². The Balaban J connectivity index is 2.05. The minimum atomic E-state index is 0.449. The van der Waals surface area contributed by atoms with E-state index in [9.17, 15) is 0 Å². The Morgan fingerprint density at radius 1 is 1.47 bits per heavy atom. The van der Waals surface area contributed by atoms with Gasteiger partial charge < -0.3 is 15.0 Å². The van der Waals surface area contributed by atoms with Crippen LogP contribution in [0.1, 0.15) is 38.6 Å². The van der Waals surface area contributed by atoms with Gasteiger partial charge in [0.05, 0.1) is 18.1 Å². The topological polar surface area (TPSA) is 53.1 Å². The molecular weight excluding hydrogens is 238 g/mol. The molecule has 102 valence electrons. The molecule has 0 spiro atoms. The van der Waals surface area contributed by atoms with Crippen molar-refractivity contribution < 1.29 is 4.74 Å². The molecule has 1 aromatic carbocycles. The first-order valence-corrected chi connectivity index (χ1v) is 7.04. The summed E-state index contributed by atoms with van der Waals surface area (Å²) in [6.45, 7) is 2.22. The molecule has 0 amide bonds. The summed E-state index contributed by atoms with van der Waals surface area (Å²) in [7, 11) is 1.69. The average Bonchev–Trinajstić information content (AvgIpc) is 3.18. The SMILES string of the molecule is CCC(CC1CC1)n1c(N)nc2ccc(OC)cc21. The van der Waals surface area contributed by atoms with Crippen LogP contribution in [0.25, 0.3) is 11.0 Å². The molecule has 3 rings (SSSR count). The number of methoxy groups -OCH3 is 1. The molecule has 4 nitrogen and oxygen atoms in total. The van der Waals surface area contributed by atoms with Crippen LogP contribution in [0, 0.1) is 5.92 Å². The first-order valence-electron chi connectivity index (χ1n) is 7.04. The largest absolute Gasteiger partial charge is 0.497 e. The highest BCUT2D eigenvalue weighted by Crippen LogP contribution is 2.40. The predicted molar refractivity (Wildman–Crippen MR) is 77.4 cm³/mol. The van der Waals surface area contributed by atoms with Gasteiger partial charge in [-0.05, 0) is 30.9 Å². The van der Waals surface area contributed by atoms with E-state index < -0.39 is 0 Å². The third-order valence-electron chi connectivity index (χ3n) is 4.06. The molecule has 19 heavy (non-hydrogen) atoms. The van der Waals surface area contributed by atoms with E-state index in [-0.39, 0.29) is 0 Å². The second kappa shape index (κ2) is 4.76. The molecule has 2 aromatic rings. The van der Waals surface area contributed by atoms with Crippen molar-refractivity contribution in [3.05, 3.63) is 18.2 Å². The number of benzene rings is 1. The second-order valence-corrected chi connectivity index (χ2v) is 5.44. The smallest absolute Gasteiger partial charge is 0.201 e. The van der Waals surface area contributed by atoms with Crippen LogP contribution in [0.5, 0.6) is 5.75 Å². The maximum absolute atomic E-state index is 6.13. The molecule has 1 fully saturated rings. The molecule has 2 N–H and O–H groups in total. The van der Waals surface area contributed by atoms with E-state index in [4.69, 9.17) is 10.5 Å². The Kier molecular flexibility index (Phi) is 3.09. The van der Waals surface area contributed by atoms with Gasteiger partial charge in [-0.3, -0.25) is 0 Å². The second-order valence-electron chi connectivity index (χ2n) is 5.44. The average molecular weight is 259 g/mol. The molecule has 0 radical (unpaired) electrons. The van der Waals surface area contributed by atoms with E-state index in [1.54, 1.807) is 7.11 Å².